The number of nitrogens with zero attached hydrogens (tertiary/aromatic N) is 6. The fourth-order valence-electron chi connectivity index (χ4n) is 4.59. The topological polar surface area (TPSA) is 87.9 Å². The largest absolute Gasteiger partial charge is 0.478 e. The molecule has 3 aromatic heterocycles. The molecule has 1 amide bonds. The van der Waals surface area contributed by atoms with E-state index in [4.69, 9.17) is 4.74 Å². The molecule has 1 saturated heterocycles. The maximum absolute atomic E-state index is 14.3. The van der Waals surface area contributed by atoms with Crippen LogP contribution in [0.4, 0.5) is 16.0 Å². The molecule has 0 saturated carbocycles. The summed E-state index contributed by atoms with van der Waals surface area (Å²) in [6, 6.07) is 8.52. The molecule has 5 heterocycles. The van der Waals surface area contributed by atoms with Crippen LogP contribution >= 0.6 is 0 Å². The fourth-order valence-corrected chi connectivity index (χ4v) is 4.59. The van der Waals surface area contributed by atoms with Gasteiger partial charge in [-0.25, -0.2) is 19.3 Å². The molecule has 1 aromatic carbocycles. The Labute approximate surface area is 201 Å². The summed E-state index contributed by atoms with van der Waals surface area (Å²) in [4.78, 5) is 30.3. The number of aromatic nitrogens is 4. The normalized spacial score (nSPS) is 15.9. The summed E-state index contributed by atoms with van der Waals surface area (Å²) in [5, 5.41) is 3.33. The van der Waals surface area contributed by atoms with Crippen LogP contribution in [0, 0.1) is 12.7 Å². The molecule has 2 aliphatic rings. The molecule has 1 fully saturated rings. The number of carbonyl (C=O) groups excluding carboxylic acids is 1. The molecule has 9 nitrogen and oxygen atoms in total. The molecule has 1 N–H and O–H groups in total. The number of benzene rings is 1. The van der Waals surface area contributed by atoms with E-state index in [9.17, 15) is 9.18 Å². The smallest absolute Gasteiger partial charge is 0.265 e. The fraction of sp³-hybridized carbons (Fsp3) is 0.280. The molecule has 0 spiro atoms. The molecule has 0 unspecified atom stereocenters. The number of hydrogen-bond acceptors (Lipinski definition) is 7. The van der Waals surface area contributed by atoms with Gasteiger partial charge in [0.25, 0.3) is 5.91 Å². The summed E-state index contributed by atoms with van der Waals surface area (Å²) < 4.78 is 21.6. The molecule has 0 aliphatic carbocycles. The number of pyridine rings is 1. The van der Waals surface area contributed by atoms with Gasteiger partial charge in [-0.2, -0.15) is 0 Å². The van der Waals surface area contributed by atoms with Gasteiger partial charge in [-0.1, -0.05) is 6.07 Å². The molecular weight excluding hydrogens is 449 g/mol. The number of nitrogens with one attached hydrogen (secondary N) is 1. The van der Waals surface area contributed by atoms with Gasteiger partial charge in [-0.3, -0.25) is 9.69 Å². The zero-order chi connectivity index (χ0) is 23.9. The molecule has 4 aromatic rings. The van der Waals surface area contributed by atoms with Crippen LogP contribution in [0.1, 0.15) is 11.4 Å². The Kier molecular flexibility index (Phi) is 5.29. The Morgan fingerprint density at radius 2 is 1.89 bits per heavy atom. The summed E-state index contributed by atoms with van der Waals surface area (Å²) in [5.74, 6) is 0.111. The zero-order valence-corrected chi connectivity index (χ0v) is 19.2. The number of imidazole rings is 1. The maximum atomic E-state index is 14.3. The van der Waals surface area contributed by atoms with Crippen LogP contribution in [0.2, 0.25) is 0 Å². The first-order valence-corrected chi connectivity index (χ1v) is 11.6. The Bertz CT molecular complexity index is 1410. The van der Waals surface area contributed by atoms with E-state index in [0.717, 1.165) is 60.3 Å². The number of rotatable bonds is 4. The summed E-state index contributed by atoms with van der Waals surface area (Å²) in [6.07, 6.45) is 5.64. The maximum Gasteiger partial charge on any atom is 0.265 e. The highest BCUT2D eigenvalue weighted by Crippen LogP contribution is 2.35. The third-order valence-electron chi connectivity index (χ3n) is 6.47. The highest BCUT2D eigenvalue weighted by Gasteiger charge is 2.29. The number of aryl methyl sites for hydroxylation is 1. The first kappa shape index (κ1) is 21.5. The average molecular weight is 474 g/mol. The van der Waals surface area contributed by atoms with E-state index in [1.807, 2.05) is 42.0 Å². The summed E-state index contributed by atoms with van der Waals surface area (Å²) in [6.45, 7) is 5.57. The molecule has 2 aliphatic heterocycles. The van der Waals surface area contributed by atoms with Crippen molar-refractivity contribution in [3.05, 3.63) is 66.1 Å². The van der Waals surface area contributed by atoms with Crippen molar-refractivity contribution in [1.29, 1.82) is 0 Å². The van der Waals surface area contributed by atoms with E-state index in [2.05, 4.69) is 25.2 Å². The Morgan fingerprint density at radius 3 is 2.69 bits per heavy atom. The SMILES string of the molecule is Cc1nc2ccc(-c3cnc(N4CCNCC4)nc3)cn2c1CN1C(=O)COc2c(F)cccc21. The number of hydrogen-bond donors (Lipinski definition) is 1. The van der Waals surface area contributed by atoms with Gasteiger partial charge >= 0.3 is 0 Å². The van der Waals surface area contributed by atoms with Gasteiger partial charge in [0, 0.05) is 55.9 Å². The van der Waals surface area contributed by atoms with Crippen LogP contribution in [-0.4, -0.2) is 58.0 Å². The lowest BCUT2D eigenvalue weighted by molar-refractivity contribution is -0.121. The van der Waals surface area contributed by atoms with Gasteiger partial charge < -0.3 is 19.4 Å². The predicted molar refractivity (Wildman–Crippen MR) is 129 cm³/mol. The molecular formula is C25H24FN7O2. The van der Waals surface area contributed by atoms with E-state index >= 15 is 0 Å². The van der Waals surface area contributed by atoms with Crippen molar-refractivity contribution >= 4 is 23.2 Å². The van der Waals surface area contributed by atoms with Crippen molar-refractivity contribution in [1.82, 2.24) is 24.7 Å². The van der Waals surface area contributed by atoms with Crippen LogP contribution in [-0.2, 0) is 11.3 Å². The predicted octanol–water partition coefficient (Wildman–Crippen LogP) is 2.57. The molecule has 0 bridgehead atoms. The molecule has 178 valence electrons. The number of ether oxygens (including phenoxy) is 1. The number of halogens is 1. The molecule has 10 heteroatoms. The summed E-state index contributed by atoms with van der Waals surface area (Å²) >= 11 is 0. The van der Waals surface area contributed by atoms with Crippen LogP contribution in [0.3, 0.4) is 0 Å². The van der Waals surface area contributed by atoms with Gasteiger partial charge in [0.15, 0.2) is 18.2 Å². The van der Waals surface area contributed by atoms with Crippen LogP contribution in [0.15, 0.2) is 48.9 Å². The monoisotopic (exact) mass is 473 g/mol. The van der Waals surface area contributed by atoms with Crippen molar-refractivity contribution < 1.29 is 13.9 Å². The second-order valence-electron chi connectivity index (χ2n) is 8.66. The Hall–Kier alpha value is -4.05. The number of fused-ring (bicyclic) bond motifs is 2. The number of piperazine rings is 1. The van der Waals surface area contributed by atoms with Crippen LogP contribution in [0.25, 0.3) is 16.8 Å². The van der Waals surface area contributed by atoms with E-state index < -0.39 is 5.82 Å². The number of amides is 1. The van der Waals surface area contributed by atoms with E-state index in [1.54, 1.807) is 17.0 Å². The molecule has 6 rings (SSSR count). The highest BCUT2D eigenvalue weighted by molar-refractivity contribution is 5.97. The lowest BCUT2D eigenvalue weighted by Gasteiger charge is -2.29. The molecule has 35 heavy (non-hydrogen) atoms. The molecule has 0 radical (unpaired) electrons. The van der Waals surface area contributed by atoms with Crippen molar-refractivity contribution in [2.75, 3.05) is 42.6 Å². The Balaban J connectivity index is 1.34. The second-order valence-corrected chi connectivity index (χ2v) is 8.66. The van der Waals surface area contributed by atoms with Gasteiger partial charge in [0.2, 0.25) is 5.95 Å². The van der Waals surface area contributed by atoms with Crippen molar-refractivity contribution in [3.8, 4) is 16.9 Å². The van der Waals surface area contributed by atoms with Crippen molar-refractivity contribution in [2.45, 2.75) is 13.5 Å². The number of para-hydroxylation sites is 1. The van der Waals surface area contributed by atoms with Gasteiger partial charge in [0.1, 0.15) is 5.65 Å². The summed E-state index contributed by atoms with van der Waals surface area (Å²) in [7, 11) is 0. The third-order valence-corrected chi connectivity index (χ3v) is 6.47. The summed E-state index contributed by atoms with van der Waals surface area (Å²) in [5.41, 5.74) is 4.64. The van der Waals surface area contributed by atoms with Crippen LogP contribution < -0.4 is 19.9 Å². The first-order chi connectivity index (χ1) is 17.1. The minimum absolute atomic E-state index is 0.0981. The van der Waals surface area contributed by atoms with Gasteiger partial charge in [-0.05, 0) is 31.2 Å². The second kappa shape index (κ2) is 8.62. The zero-order valence-electron chi connectivity index (χ0n) is 19.2. The lowest BCUT2D eigenvalue weighted by atomic mass is 10.1. The molecule has 0 atom stereocenters. The first-order valence-electron chi connectivity index (χ1n) is 11.6. The third kappa shape index (κ3) is 3.85. The quantitative estimate of drug-likeness (QED) is 0.487. The number of anilines is 2. The van der Waals surface area contributed by atoms with Gasteiger partial charge in [-0.15, -0.1) is 0 Å². The average Bonchev–Trinajstić information content (AvgIpc) is 3.20. The minimum atomic E-state index is -0.485. The van der Waals surface area contributed by atoms with Gasteiger partial charge in [0.05, 0.1) is 23.6 Å². The number of carbonyl (C=O) groups is 1. The minimum Gasteiger partial charge on any atom is -0.478 e. The van der Waals surface area contributed by atoms with Crippen molar-refractivity contribution in [2.24, 2.45) is 0 Å². The van der Waals surface area contributed by atoms with E-state index in [1.165, 1.54) is 6.07 Å². The van der Waals surface area contributed by atoms with Crippen molar-refractivity contribution in [3.63, 3.8) is 0 Å². The lowest BCUT2D eigenvalue weighted by Crippen LogP contribution is -2.44. The van der Waals surface area contributed by atoms with Crippen LogP contribution in [0.5, 0.6) is 5.75 Å². The highest BCUT2D eigenvalue weighted by atomic mass is 19.1. The van der Waals surface area contributed by atoms with E-state index in [-0.39, 0.29) is 24.8 Å². The standard InChI is InChI=1S/C25H24FN7O2/c1-16-21(14-33-20-4-2-3-19(26)24(20)35-15-23(33)34)32-13-17(5-6-22(32)30-16)18-11-28-25(29-12-18)31-9-7-27-8-10-31/h2-6,11-13,27H,7-10,14-15H2,1H3. The van der Waals surface area contributed by atoms with E-state index in [0.29, 0.717) is 5.69 Å². The Morgan fingerprint density at radius 1 is 1.09 bits per heavy atom.